The molecule has 0 bridgehead atoms. The molecule has 0 aromatic heterocycles. The molecular weight excluding hydrogens is 350 g/mol. The summed E-state index contributed by atoms with van der Waals surface area (Å²) in [6.07, 6.45) is 4.29. The fraction of sp³-hybridized carbons (Fsp3) is 0.889. The van der Waals surface area contributed by atoms with Crippen LogP contribution in [0.3, 0.4) is 0 Å². The number of rotatable bonds is 6. The summed E-state index contributed by atoms with van der Waals surface area (Å²) in [5.74, 6) is 1.75. The lowest BCUT2D eigenvalue weighted by atomic mass is 9.95. The molecule has 0 spiro atoms. The number of amides is 1. The molecule has 8 heteroatoms. The van der Waals surface area contributed by atoms with Gasteiger partial charge in [0.15, 0.2) is 5.96 Å². The normalized spacial score (nSPS) is 26.4. The van der Waals surface area contributed by atoms with Crippen LogP contribution < -0.4 is 10.6 Å². The lowest BCUT2D eigenvalue weighted by molar-refractivity contribution is -0.130. The molecule has 1 amide bonds. The minimum atomic E-state index is -0.701. The summed E-state index contributed by atoms with van der Waals surface area (Å²) in [5.41, 5.74) is 0. The van der Waals surface area contributed by atoms with Crippen molar-refractivity contribution in [3.05, 3.63) is 0 Å². The van der Waals surface area contributed by atoms with E-state index in [1.807, 2.05) is 11.8 Å². The summed E-state index contributed by atoms with van der Waals surface area (Å²) < 4.78 is 12.1. The third-order valence-electron chi connectivity index (χ3n) is 5.38. The van der Waals surface area contributed by atoms with Crippen molar-refractivity contribution in [1.82, 2.24) is 20.4 Å². The Balaban J connectivity index is 1.68. The zero-order chi connectivity index (χ0) is 18.9. The van der Waals surface area contributed by atoms with Crippen molar-refractivity contribution in [2.75, 3.05) is 52.1 Å². The Hall–Kier alpha value is -1.15. The smallest absolute Gasteiger partial charge is 0.219 e. The lowest BCUT2D eigenvalue weighted by Crippen LogP contribution is -2.51. The second-order valence-corrected chi connectivity index (χ2v) is 9.15. The van der Waals surface area contributed by atoms with E-state index in [4.69, 9.17) is 0 Å². The standard InChI is InChI=1S/C18H35N5O2S/c1-4-26(25)17-7-5-6-16(14-17)21-18(19-3)20-8-9-22-10-12-23(13-11-22)15(2)24/h16-17H,4-14H2,1-3H3,(H2,19,20,21). The van der Waals surface area contributed by atoms with Gasteiger partial charge in [-0.25, -0.2) is 0 Å². The summed E-state index contributed by atoms with van der Waals surface area (Å²) in [6.45, 7) is 8.92. The third-order valence-corrected chi connectivity index (χ3v) is 7.13. The largest absolute Gasteiger partial charge is 0.355 e. The topological polar surface area (TPSA) is 77.0 Å². The van der Waals surface area contributed by atoms with Crippen LogP contribution in [0.25, 0.3) is 0 Å². The van der Waals surface area contributed by atoms with Gasteiger partial charge in [-0.1, -0.05) is 13.3 Å². The molecular formula is C18H35N5O2S. The number of piperazine rings is 1. The molecule has 3 atom stereocenters. The van der Waals surface area contributed by atoms with Crippen molar-refractivity contribution in [1.29, 1.82) is 0 Å². The molecule has 1 heterocycles. The molecule has 2 N–H and O–H groups in total. The zero-order valence-electron chi connectivity index (χ0n) is 16.5. The van der Waals surface area contributed by atoms with Crippen LogP contribution in [0, 0.1) is 0 Å². The first-order chi connectivity index (χ1) is 12.5. The maximum Gasteiger partial charge on any atom is 0.219 e. The van der Waals surface area contributed by atoms with Gasteiger partial charge >= 0.3 is 0 Å². The molecule has 2 rings (SSSR count). The van der Waals surface area contributed by atoms with Gasteiger partial charge in [0.05, 0.1) is 0 Å². The summed E-state index contributed by atoms with van der Waals surface area (Å²) in [6, 6.07) is 0.356. The molecule has 0 aromatic rings. The second kappa shape index (κ2) is 10.9. The van der Waals surface area contributed by atoms with Gasteiger partial charge in [-0.3, -0.25) is 18.9 Å². The number of hydrogen-bond acceptors (Lipinski definition) is 4. The van der Waals surface area contributed by atoms with E-state index in [9.17, 15) is 9.00 Å². The Morgan fingerprint density at radius 2 is 1.96 bits per heavy atom. The van der Waals surface area contributed by atoms with Crippen LogP contribution in [0.2, 0.25) is 0 Å². The highest BCUT2D eigenvalue weighted by Crippen LogP contribution is 2.22. The molecule has 2 fully saturated rings. The molecule has 1 aliphatic carbocycles. The van der Waals surface area contributed by atoms with Crippen LogP contribution in [0.5, 0.6) is 0 Å². The van der Waals surface area contributed by atoms with Gasteiger partial charge in [-0.15, -0.1) is 0 Å². The van der Waals surface area contributed by atoms with Crippen LogP contribution in [0.1, 0.15) is 39.5 Å². The number of carbonyl (C=O) groups excluding carboxylic acids is 1. The Morgan fingerprint density at radius 3 is 2.58 bits per heavy atom. The van der Waals surface area contributed by atoms with Crippen LogP contribution in [-0.2, 0) is 15.6 Å². The highest BCUT2D eigenvalue weighted by molar-refractivity contribution is 7.85. The predicted molar refractivity (Wildman–Crippen MR) is 108 cm³/mol. The number of nitrogens with one attached hydrogen (secondary N) is 2. The van der Waals surface area contributed by atoms with Crippen LogP contribution >= 0.6 is 0 Å². The summed E-state index contributed by atoms with van der Waals surface area (Å²) in [7, 11) is 1.10. The minimum absolute atomic E-state index is 0.169. The predicted octanol–water partition coefficient (Wildman–Crippen LogP) is 0.395. The molecule has 2 aliphatic rings. The molecule has 1 saturated carbocycles. The number of nitrogens with zero attached hydrogens (tertiary/aromatic N) is 3. The van der Waals surface area contributed by atoms with E-state index in [2.05, 4.69) is 20.5 Å². The third kappa shape index (κ3) is 6.54. The van der Waals surface area contributed by atoms with Crippen molar-refractivity contribution in [2.24, 2.45) is 4.99 Å². The van der Waals surface area contributed by atoms with Gasteiger partial charge in [0.25, 0.3) is 0 Å². The fourth-order valence-corrected chi connectivity index (χ4v) is 5.11. The fourth-order valence-electron chi connectivity index (χ4n) is 3.76. The molecule has 1 aliphatic heterocycles. The molecule has 3 unspecified atom stereocenters. The van der Waals surface area contributed by atoms with Crippen LogP contribution in [-0.4, -0.2) is 89.2 Å². The van der Waals surface area contributed by atoms with Crippen molar-refractivity contribution in [3.63, 3.8) is 0 Å². The van der Waals surface area contributed by atoms with Crippen molar-refractivity contribution < 1.29 is 9.00 Å². The van der Waals surface area contributed by atoms with Gasteiger partial charge in [-0.2, -0.15) is 0 Å². The van der Waals surface area contributed by atoms with Gasteiger partial charge < -0.3 is 15.5 Å². The molecule has 1 saturated heterocycles. The molecule has 0 aromatic carbocycles. The quantitative estimate of drug-likeness (QED) is 0.511. The summed E-state index contributed by atoms with van der Waals surface area (Å²) in [5, 5.41) is 7.23. The van der Waals surface area contributed by atoms with Crippen molar-refractivity contribution in [3.8, 4) is 0 Å². The number of guanidine groups is 1. The van der Waals surface area contributed by atoms with Crippen LogP contribution in [0.4, 0.5) is 0 Å². The highest BCUT2D eigenvalue weighted by Gasteiger charge is 2.26. The van der Waals surface area contributed by atoms with Gasteiger partial charge in [0.2, 0.25) is 5.91 Å². The van der Waals surface area contributed by atoms with E-state index in [1.165, 1.54) is 0 Å². The molecule has 150 valence electrons. The van der Waals surface area contributed by atoms with E-state index < -0.39 is 10.8 Å². The van der Waals surface area contributed by atoms with Gasteiger partial charge in [0, 0.05) is 81.1 Å². The van der Waals surface area contributed by atoms with E-state index in [-0.39, 0.29) is 5.91 Å². The first kappa shape index (κ1) is 21.2. The summed E-state index contributed by atoms with van der Waals surface area (Å²) in [4.78, 5) is 20.0. The first-order valence-electron chi connectivity index (χ1n) is 9.85. The molecule has 0 radical (unpaired) electrons. The summed E-state index contributed by atoms with van der Waals surface area (Å²) >= 11 is 0. The van der Waals surface area contributed by atoms with E-state index >= 15 is 0 Å². The lowest BCUT2D eigenvalue weighted by Gasteiger charge is -2.34. The van der Waals surface area contributed by atoms with E-state index in [1.54, 1.807) is 14.0 Å². The van der Waals surface area contributed by atoms with Gasteiger partial charge in [-0.05, 0) is 19.3 Å². The van der Waals surface area contributed by atoms with Gasteiger partial charge in [0.1, 0.15) is 0 Å². The number of carbonyl (C=O) groups is 1. The van der Waals surface area contributed by atoms with E-state index in [0.29, 0.717) is 11.3 Å². The Morgan fingerprint density at radius 1 is 1.23 bits per heavy atom. The monoisotopic (exact) mass is 385 g/mol. The van der Waals surface area contributed by atoms with Crippen molar-refractivity contribution in [2.45, 2.75) is 50.8 Å². The average molecular weight is 386 g/mol. The number of hydrogen-bond donors (Lipinski definition) is 2. The Kier molecular flexibility index (Phi) is 8.84. The van der Waals surface area contributed by atoms with Crippen molar-refractivity contribution >= 4 is 22.7 Å². The highest BCUT2D eigenvalue weighted by atomic mass is 32.2. The molecule has 7 nitrogen and oxygen atoms in total. The maximum absolute atomic E-state index is 12.1. The second-order valence-electron chi connectivity index (χ2n) is 7.15. The zero-order valence-corrected chi connectivity index (χ0v) is 17.3. The average Bonchev–Trinajstić information content (AvgIpc) is 2.67. The maximum atomic E-state index is 12.1. The molecule has 26 heavy (non-hydrogen) atoms. The SMILES string of the molecule is CCS(=O)C1CCCC(NC(=NC)NCCN2CCN(C(C)=O)CC2)C1. The Labute approximate surface area is 160 Å². The first-order valence-corrected chi connectivity index (χ1v) is 11.2. The Bertz CT molecular complexity index is 506. The minimum Gasteiger partial charge on any atom is -0.355 e. The number of aliphatic imine (C=N–C) groups is 1. The van der Waals surface area contributed by atoms with Crippen LogP contribution in [0.15, 0.2) is 4.99 Å². The van der Waals surface area contributed by atoms with E-state index in [0.717, 1.165) is 76.7 Å².